The highest BCUT2D eigenvalue weighted by molar-refractivity contribution is 7.80. The molecule has 108 valence electrons. The fourth-order valence-electron chi connectivity index (χ4n) is 1.32. The molecule has 0 saturated carbocycles. The zero-order valence-electron chi connectivity index (χ0n) is 11.6. The molecule has 0 aliphatic heterocycles. The Morgan fingerprint density at radius 1 is 1.10 bits per heavy atom. The molecule has 7 heteroatoms. The molecule has 0 amide bonds. The zero-order chi connectivity index (χ0) is 15.3. The van der Waals surface area contributed by atoms with Gasteiger partial charge in [0.05, 0.1) is 19.8 Å². The highest BCUT2D eigenvalue weighted by Gasteiger charge is 2.18. The Balaban J connectivity index is 3.20. The van der Waals surface area contributed by atoms with Crippen LogP contribution in [0.4, 0.5) is 0 Å². The number of rotatable bonds is 3. The van der Waals surface area contributed by atoms with Crippen LogP contribution in [0, 0.1) is 0 Å². The molecule has 0 spiro atoms. The quantitative estimate of drug-likeness (QED) is 0.618. The Morgan fingerprint density at radius 2 is 1.70 bits per heavy atom. The first-order chi connectivity index (χ1) is 9.40. The van der Waals surface area contributed by atoms with Crippen molar-refractivity contribution >= 4 is 29.3 Å². The second kappa shape index (κ2) is 6.85. The average molecular weight is 297 g/mol. The molecule has 6 nitrogen and oxygen atoms in total. The molecule has 20 heavy (non-hydrogen) atoms. The molecule has 1 aromatic carbocycles. The average Bonchev–Trinajstić information content (AvgIpc) is 2.45. The van der Waals surface area contributed by atoms with E-state index in [1.165, 1.54) is 32.4 Å². The van der Waals surface area contributed by atoms with Gasteiger partial charge in [0.25, 0.3) is 5.17 Å². The van der Waals surface area contributed by atoms with Crippen molar-refractivity contribution in [1.29, 1.82) is 0 Å². The van der Waals surface area contributed by atoms with Crippen LogP contribution in [0.2, 0.25) is 0 Å². The second-order valence-electron chi connectivity index (χ2n) is 3.96. The first kappa shape index (κ1) is 15.9. The summed E-state index contributed by atoms with van der Waals surface area (Å²) >= 11 is 5.01. The van der Waals surface area contributed by atoms with E-state index in [0.717, 1.165) is 0 Å². The molecular formula is C13H15NO5S. The summed E-state index contributed by atoms with van der Waals surface area (Å²) in [5, 5.41) is 0.181. The van der Waals surface area contributed by atoms with Crippen molar-refractivity contribution in [2.45, 2.75) is 0 Å². The molecule has 1 rings (SSSR count). The van der Waals surface area contributed by atoms with Gasteiger partial charge in [0.2, 0.25) is 0 Å². The fourth-order valence-corrected chi connectivity index (χ4v) is 1.41. The Hall–Kier alpha value is -2.15. The van der Waals surface area contributed by atoms with E-state index in [4.69, 9.17) is 17.0 Å². The van der Waals surface area contributed by atoms with Gasteiger partial charge in [0.15, 0.2) is 0 Å². The summed E-state index contributed by atoms with van der Waals surface area (Å²) in [6.07, 6.45) is 0. The summed E-state index contributed by atoms with van der Waals surface area (Å²) in [5.74, 6) is -0.979. The standard InChI is InChI=1S/C13H15NO5S/c1-14(2)13(20)19-10-6-5-8(11(15)17-3)7-9(10)12(16)18-4/h5-7H,1-4H3. The number of benzene rings is 1. The monoisotopic (exact) mass is 297 g/mol. The van der Waals surface area contributed by atoms with Crippen molar-refractivity contribution in [2.24, 2.45) is 0 Å². The molecule has 0 aliphatic carbocycles. The number of carbonyl (C=O) groups excluding carboxylic acids is 2. The van der Waals surface area contributed by atoms with E-state index in [2.05, 4.69) is 9.47 Å². The van der Waals surface area contributed by atoms with E-state index >= 15 is 0 Å². The molecule has 0 radical (unpaired) electrons. The number of methoxy groups -OCH3 is 2. The number of hydrogen-bond donors (Lipinski definition) is 0. The van der Waals surface area contributed by atoms with Gasteiger partial charge in [-0.15, -0.1) is 0 Å². The minimum absolute atomic E-state index is 0.0969. The highest BCUT2D eigenvalue weighted by Crippen LogP contribution is 2.22. The van der Waals surface area contributed by atoms with Crippen LogP contribution in [0.5, 0.6) is 5.75 Å². The lowest BCUT2D eigenvalue weighted by Gasteiger charge is -2.16. The molecule has 0 unspecified atom stereocenters. The molecule has 0 saturated heterocycles. The smallest absolute Gasteiger partial charge is 0.341 e. The van der Waals surface area contributed by atoms with Crippen molar-refractivity contribution < 1.29 is 23.8 Å². The van der Waals surface area contributed by atoms with Crippen LogP contribution in [0.15, 0.2) is 18.2 Å². The van der Waals surface area contributed by atoms with Gasteiger partial charge >= 0.3 is 11.9 Å². The number of carbonyl (C=O) groups is 2. The second-order valence-corrected chi connectivity index (χ2v) is 4.31. The van der Waals surface area contributed by atoms with Crippen molar-refractivity contribution in [3.8, 4) is 5.75 Å². The lowest BCUT2D eigenvalue weighted by Crippen LogP contribution is -2.26. The van der Waals surface area contributed by atoms with Gasteiger partial charge in [-0.25, -0.2) is 9.59 Å². The van der Waals surface area contributed by atoms with Crippen LogP contribution < -0.4 is 4.74 Å². The van der Waals surface area contributed by atoms with Crippen LogP contribution in [0.25, 0.3) is 0 Å². The van der Waals surface area contributed by atoms with Gasteiger partial charge in [-0.2, -0.15) is 0 Å². The number of nitrogens with zero attached hydrogens (tertiary/aromatic N) is 1. The largest absolute Gasteiger partial charge is 0.465 e. The summed E-state index contributed by atoms with van der Waals surface area (Å²) in [6.45, 7) is 0. The molecule has 1 aromatic rings. The maximum atomic E-state index is 11.7. The third-order valence-electron chi connectivity index (χ3n) is 2.37. The van der Waals surface area contributed by atoms with Crippen LogP contribution in [0.3, 0.4) is 0 Å². The van der Waals surface area contributed by atoms with Crippen molar-refractivity contribution in [2.75, 3.05) is 28.3 Å². The van der Waals surface area contributed by atoms with E-state index in [0.29, 0.717) is 0 Å². The predicted octanol–water partition coefficient (Wildman–Crippen LogP) is 1.49. The number of thiocarbonyl (C=S) groups is 1. The molecular weight excluding hydrogens is 282 g/mol. The number of esters is 2. The van der Waals surface area contributed by atoms with Gasteiger partial charge in [-0.1, -0.05) is 0 Å². The Morgan fingerprint density at radius 3 is 2.20 bits per heavy atom. The molecule has 0 heterocycles. The summed E-state index contributed by atoms with van der Waals surface area (Å²) in [7, 11) is 5.92. The molecule has 0 aliphatic rings. The molecule has 0 bridgehead atoms. The summed E-state index contributed by atoms with van der Waals surface area (Å²) in [5.41, 5.74) is 0.315. The third-order valence-corrected chi connectivity index (χ3v) is 2.82. The van der Waals surface area contributed by atoms with E-state index < -0.39 is 11.9 Å². The maximum absolute atomic E-state index is 11.7. The number of ether oxygens (including phenoxy) is 3. The van der Waals surface area contributed by atoms with Gasteiger partial charge in [0, 0.05) is 14.1 Å². The van der Waals surface area contributed by atoms with Gasteiger partial charge in [-0.3, -0.25) is 0 Å². The van der Waals surface area contributed by atoms with E-state index in [9.17, 15) is 9.59 Å². The van der Waals surface area contributed by atoms with Crippen molar-refractivity contribution in [3.05, 3.63) is 29.3 Å². The third kappa shape index (κ3) is 3.67. The van der Waals surface area contributed by atoms with Crippen LogP contribution in [-0.4, -0.2) is 50.3 Å². The molecule has 0 N–H and O–H groups in total. The fraction of sp³-hybridized carbons (Fsp3) is 0.308. The molecule has 0 atom stereocenters. The van der Waals surface area contributed by atoms with Crippen molar-refractivity contribution in [1.82, 2.24) is 4.90 Å². The molecule has 0 aromatic heterocycles. The van der Waals surface area contributed by atoms with E-state index in [1.807, 2.05) is 0 Å². The Kier molecular flexibility index (Phi) is 5.45. The Labute approximate surface area is 122 Å². The van der Waals surface area contributed by atoms with Crippen LogP contribution in [0.1, 0.15) is 20.7 Å². The zero-order valence-corrected chi connectivity index (χ0v) is 12.4. The van der Waals surface area contributed by atoms with Gasteiger partial charge < -0.3 is 19.1 Å². The predicted molar refractivity (Wildman–Crippen MR) is 76.0 cm³/mol. The minimum atomic E-state index is -0.632. The van der Waals surface area contributed by atoms with E-state index in [-0.39, 0.29) is 22.1 Å². The minimum Gasteiger partial charge on any atom is -0.465 e. The van der Waals surface area contributed by atoms with Gasteiger partial charge in [0.1, 0.15) is 11.3 Å². The summed E-state index contributed by atoms with van der Waals surface area (Å²) < 4.78 is 14.7. The maximum Gasteiger partial charge on any atom is 0.341 e. The SMILES string of the molecule is COC(=O)c1ccc(OC(=S)N(C)C)c(C(=O)OC)c1. The first-order valence-electron chi connectivity index (χ1n) is 5.60. The summed E-state index contributed by atoms with van der Waals surface area (Å²) in [4.78, 5) is 24.8. The lowest BCUT2D eigenvalue weighted by atomic mass is 10.1. The van der Waals surface area contributed by atoms with Crippen LogP contribution in [-0.2, 0) is 9.47 Å². The van der Waals surface area contributed by atoms with E-state index in [1.54, 1.807) is 19.0 Å². The van der Waals surface area contributed by atoms with Gasteiger partial charge in [-0.05, 0) is 30.4 Å². The highest BCUT2D eigenvalue weighted by atomic mass is 32.1. The van der Waals surface area contributed by atoms with Crippen LogP contribution >= 0.6 is 12.2 Å². The Bertz CT molecular complexity index is 542. The number of hydrogen-bond acceptors (Lipinski definition) is 6. The molecule has 0 fully saturated rings. The first-order valence-corrected chi connectivity index (χ1v) is 6.01. The lowest BCUT2D eigenvalue weighted by molar-refractivity contribution is 0.0597. The summed E-state index contributed by atoms with van der Waals surface area (Å²) in [6, 6.07) is 4.28. The van der Waals surface area contributed by atoms with Crippen molar-refractivity contribution in [3.63, 3.8) is 0 Å². The normalized spacial score (nSPS) is 9.60. The topological polar surface area (TPSA) is 65.1 Å².